The lowest BCUT2D eigenvalue weighted by atomic mass is 10.1. The highest BCUT2D eigenvalue weighted by Gasteiger charge is 2.27. The lowest BCUT2D eigenvalue weighted by molar-refractivity contribution is 0.0171. The van der Waals surface area contributed by atoms with E-state index >= 15 is 0 Å². The average molecular weight is 365 g/mol. The topological polar surface area (TPSA) is 100 Å². The summed E-state index contributed by atoms with van der Waals surface area (Å²) in [6.45, 7) is 6.44. The standard InChI is InChI=1S/C16H23N5O3S/c1-12-16(13(2)20-19-12)25(22,23)18-11-15(14-4-3-5-17-10-14)21-6-8-24-9-7-21/h3-5,10,15,18H,6-9,11H2,1-2H3,(H,19,20). The molecule has 0 saturated carbocycles. The number of aryl methyl sites for hydroxylation is 2. The second-order valence-corrected chi connectivity index (χ2v) is 7.77. The quantitative estimate of drug-likeness (QED) is 0.784. The molecule has 2 aromatic rings. The summed E-state index contributed by atoms with van der Waals surface area (Å²) in [5.74, 6) is 0. The Morgan fingerprint density at radius 1 is 1.36 bits per heavy atom. The van der Waals surface area contributed by atoms with Crippen molar-refractivity contribution in [1.82, 2.24) is 24.8 Å². The number of nitrogens with one attached hydrogen (secondary N) is 2. The highest BCUT2D eigenvalue weighted by Crippen LogP contribution is 2.22. The molecule has 1 aliphatic rings. The number of hydrogen-bond donors (Lipinski definition) is 2. The molecule has 25 heavy (non-hydrogen) atoms. The lowest BCUT2D eigenvalue weighted by Crippen LogP contribution is -2.43. The number of ether oxygens (including phenoxy) is 1. The monoisotopic (exact) mass is 365 g/mol. The Hall–Kier alpha value is -1.81. The molecule has 0 amide bonds. The van der Waals surface area contributed by atoms with Crippen LogP contribution in [0.25, 0.3) is 0 Å². The number of aromatic nitrogens is 3. The number of sulfonamides is 1. The van der Waals surface area contributed by atoms with Crippen LogP contribution in [0.2, 0.25) is 0 Å². The number of morpholine rings is 1. The van der Waals surface area contributed by atoms with Gasteiger partial charge in [-0.2, -0.15) is 5.10 Å². The second-order valence-electron chi connectivity index (χ2n) is 6.07. The fourth-order valence-electron chi connectivity index (χ4n) is 3.12. The van der Waals surface area contributed by atoms with E-state index in [-0.39, 0.29) is 17.5 Å². The van der Waals surface area contributed by atoms with Crippen molar-refractivity contribution in [3.05, 3.63) is 41.5 Å². The first-order valence-corrected chi connectivity index (χ1v) is 9.70. The number of nitrogens with zero attached hydrogens (tertiary/aromatic N) is 3. The smallest absolute Gasteiger partial charge is 0.244 e. The summed E-state index contributed by atoms with van der Waals surface area (Å²) in [5, 5.41) is 6.70. The third-order valence-corrected chi connectivity index (χ3v) is 6.04. The van der Waals surface area contributed by atoms with Crippen LogP contribution in [-0.2, 0) is 14.8 Å². The largest absolute Gasteiger partial charge is 0.379 e. The number of H-pyrrole nitrogens is 1. The molecule has 0 radical (unpaired) electrons. The van der Waals surface area contributed by atoms with Gasteiger partial charge in [-0.3, -0.25) is 15.0 Å². The molecule has 2 N–H and O–H groups in total. The molecule has 2 aromatic heterocycles. The average Bonchev–Trinajstić information content (AvgIpc) is 2.96. The fourth-order valence-corrected chi connectivity index (χ4v) is 4.52. The molecular formula is C16H23N5O3S. The van der Waals surface area contributed by atoms with Gasteiger partial charge in [0.1, 0.15) is 4.90 Å². The maximum atomic E-state index is 12.7. The minimum atomic E-state index is -3.64. The van der Waals surface area contributed by atoms with Gasteiger partial charge in [-0.15, -0.1) is 0 Å². The molecule has 9 heteroatoms. The van der Waals surface area contributed by atoms with Crippen molar-refractivity contribution in [2.24, 2.45) is 0 Å². The molecular weight excluding hydrogens is 342 g/mol. The predicted molar refractivity (Wildman–Crippen MR) is 92.6 cm³/mol. The van der Waals surface area contributed by atoms with Gasteiger partial charge < -0.3 is 4.74 Å². The zero-order valence-electron chi connectivity index (χ0n) is 14.4. The van der Waals surface area contributed by atoms with Gasteiger partial charge in [-0.1, -0.05) is 6.07 Å². The van der Waals surface area contributed by atoms with Crippen molar-refractivity contribution in [1.29, 1.82) is 0 Å². The van der Waals surface area contributed by atoms with E-state index in [9.17, 15) is 8.42 Å². The van der Waals surface area contributed by atoms with Gasteiger partial charge in [0.25, 0.3) is 0 Å². The van der Waals surface area contributed by atoms with Crippen molar-refractivity contribution >= 4 is 10.0 Å². The summed E-state index contributed by atoms with van der Waals surface area (Å²) in [7, 11) is -3.64. The minimum absolute atomic E-state index is 0.0973. The maximum absolute atomic E-state index is 12.7. The Bertz CT molecular complexity index is 781. The summed E-state index contributed by atoms with van der Waals surface area (Å²) in [6.07, 6.45) is 3.49. The predicted octanol–water partition coefficient (Wildman–Crippen LogP) is 0.773. The van der Waals surface area contributed by atoms with Gasteiger partial charge in [0, 0.05) is 32.0 Å². The van der Waals surface area contributed by atoms with Crippen molar-refractivity contribution in [2.45, 2.75) is 24.8 Å². The molecule has 1 fully saturated rings. The highest BCUT2D eigenvalue weighted by atomic mass is 32.2. The highest BCUT2D eigenvalue weighted by molar-refractivity contribution is 7.89. The molecule has 0 aliphatic carbocycles. The van der Waals surface area contributed by atoms with Crippen LogP contribution in [0.4, 0.5) is 0 Å². The van der Waals surface area contributed by atoms with Gasteiger partial charge in [-0.05, 0) is 25.5 Å². The number of aromatic amines is 1. The van der Waals surface area contributed by atoms with Crippen LogP contribution in [-0.4, -0.2) is 61.3 Å². The van der Waals surface area contributed by atoms with Crippen molar-refractivity contribution < 1.29 is 13.2 Å². The summed E-state index contributed by atoms with van der Waals surface area (Å²) >= 11 is 0. The molecule has 0 bridgehead atoms. The molecule has 3 rings (SSSR count). The Labute approximate surface area is 147 Å². The Morgan fingerprint density at radius 2 is 2.12 bits per heavy atom. The van der Waals surface area contributed by atoms with Gasteiger partial charge in [-0.25, -0.2) is 13.1 Å². The molecule has 1 unspecified atom stereocenters. The van der Waals surface area contributed by atoms with E-state index in [1.165, 1.54) is 0 Å². The fraction of sp³-hybridized carbons (Fsp3) is 0.500. The lowest BCUT2D eigenvalue weighted by Gasteiger charge is -2.34. The van der Waals surface area contributed by atoms with E-state index < -0.39 is 10.0 Å². The molecule has 8 nitrogen and oxygen atoms in total. The minimum Gasteiger partial charge on any atom is -0.379 e. The van der Waals surface area contributed by atoms with E-state index in [2.05, 4.69) is 24.8 Å². The van der Waals surface area contributed by atoms with Gasteiger partial charge in [0.05, 0.1) is 30.6 Å². The van der Waals surface area contributed by atoms with Crippen LogP contribution < -0.4 is 4.72 Å². The number of pyridine rings is 1. The van der Waals surface area contributed by atoms with Crippen LogP contribution in [0.5, 0.6) is 0 Å². The zero-order valence-corrected chi connectivity index (χ0v) is 15.2. The van der Waals surface area contributed by atoms with Crippen molar-refractivity contribution in [3.63, 3.8) is 0 Å². The van der Waals surface area contributed by atoms with Crippen LogP contribution in [0.1, 0.15) is 23.0 Å². The molecule has 1 aliphatic heterocycles. The normalized spacial score (nSPS) is 17.5. The third kappa shape index (κ3) is 4.06. The molecule has 3 heterocycles. The maximum Gasteiger partial charge on any atom is 0.244 e. The SMILES string of the molecule is Cc1n[nH]c(C)c1S(=O)(=O)NCC(c1cccnc1)N1CCOCC1. The Balaban J connectivity index is 1.81. The summed E-state index contributed by atoms with van der Waals surface area (Å²) < 4.78 is 33.6. The van der Waals surface area contributed by atoms with E-state index in [1.807, 2.05) is 12.1 Å². The van der Waals surface area contributed by atoms with Crippen molar-refractivity contribution in [3.8, 4) is 0 Å². The summed E-state index contributed by atoms with van der Waals surface area (Å²) in [6, 6.07) is 3.73. The summed E-state index contributed by atoms with van der Waals surface area (Å²) in [5.41, 5.74) is 1.98. The first kappa shape index (κ1) is 18.0. The van der Waals surface area contributed by atoms with E-state index in [0.717, 1.165) is 18.7 Å². The summed E-state index contributed by atoms with van der Waals surface area (Å²) in [4.78, 5) is 6.61. The van der Waals surface area contributed by atoms with Gasteiger partial charge in [0.15, 0.2) is 0 Å². The molecule has 1 atom stereocenters. The van der Waals surface area contributed by atoms with Gasteiger partial charge in [0.2, 0.25) is 10.0 Å². The first-order valence-electron chi connectivity index (χ1n) is 8.22. The van der Waals surface area contributed by atoms with Crippen LogP contribution >= 0.6 is 0 Å². The Kier molecular flexibility index (Phi) is 5.48. The number of rotatable bonds is 6. The molecule has 0 aromatic carbocycles. The molecule has 1 saturated heterocycles. The Morgan fingerprint density at radius 3 is 2.72 bits per heavy atom. The van der Waals surface area contributed by atoms with E-state index in [1.54, 1.807) is 26.2 Å². The van der Waals surface area contributed by atoms with Crippen LogP contribution in [0, 0.1) is 13.8 Å². The van der Waals surface area contributed by atoms with Crippen LogP contribution in [0.3, 0.4) is 0 Å². The third-order valence-electron chi connectivity index (χ3n) is 4.35. The van der Waals surface area contributed by atoms with E-state index in [0.29, 0.717) is 24.6 Å². The zero-order chi connectivity index (χ0) is 17.9. The second kappa shape index (κ2) is 7.61. The van der Waals surface area contributed by atoms with E-state index in [4.69, 9.17) is 4.74 Å². The van der Waals surface area contributed by atoms with Crippen molar-refractivity contribution in [2.75, 3.05) is 32.8 Å². The molecule has 136 valence electrons. The molecule has 0 spiro atoms. The first-order chi connectivity index (χ1) is 12.0. The van der Waals surface area contributed by atoms with Gasteiger partial charge >= 0.3 is 0 Å². The number of hydrogen-bond acceptors (Lipinski definition) is 6. The van der Waals surface area contributed by atoms with Crippen LogP contribution in [0.15, 0.2) is 29.4 Å².